The second-order valence-electron chi connectivity index (χ2n) is 13.3. The first-order valence-corrected chi connectivity index (χ1v) is 17.2. The fraction of sp³-hybridized carbons (Fsp3) is 0.472. The van der Waals surface area contributed by atoms with Gasteiger partial charge in [-0.3, -0.25) is 4.79 Å². The molecule has 3 aromatic rings. The van der Waals surface area contributed by atoms with Crippen molar-refractivity contribution in [3.05, 3.63) is 83.9 Å². The van der Waals surface area contributed by atoms with Gasteiger partial charge in [0.15, 0.2) is 0 Å². The van der Waals surface area contributed by atoms with Crippen LogP contribution < -0.4 is 19.5 Å². The first-order valence-electron chi connectivity index (χ1n) is 15.3. The monoisotopic (exact) mass is 572 g/mol. The van der Waals surface area contributed by atoms with Crippen LogP contribution in [0.2, 0.25) is 5.04 Å². The molecule has 0 aromatic heterocycles. The summed E-state index contributed by atoms with van der Waals surface area (Å²) in [6.07, 6.45) is 5.12. The molecular formula is C36H48O4Si. The van der Waals surface area contributed by atoms with E-state index in [1.165, 1.54) is 28.8 Å². The van der Waals surface area contributed by atoms with Crippen molar-refractivity contribution in [2.75, 3.05) is 0 Å². The Bertz CT molecular complexity index is 1270. The number of benzene rings is 3. The Balaban J connectivity index is 1.95. The fourth-order valence-electron chi connectivity index (χ4n) is 6.85. The Labute approximate surface area is 248 Å². The lowest BCUT2D eigenvalue weighted by atomic mass is 9.72. The van der Waals surface area contributed by atoms with E-state index >= 15 is 0 Å². The van der Waals surface area contributed by atoms with Gasteiger partial charge in [0, 0.05) is 17.9 Å². The average molecular weight is 573 g/mol. The fourth-order valence-corrected chi connectivity index (χ4v) is 11.3. The van der Waals surface area contributed by atoms with E-state index in [2.05, 4.69) is 121 Å². The predicted octanol–water partition coefficient (Wildman–Crippen LogP) is 8.11. The van der Waals surface area contributed by atoms with Gasteiger partial charge in [-0.1, -0.05) is 108 Å². The van der Waals surface area contributed by atoms with E-state index < -0.39 is 19.9 Å². The Kier molecular flexibility index (Phi) is 9.37. The summed E-state index contributed by atoms with van der Waals surface area (Å²) in [6, 6.07) is 26.0. The van der Waals surface area contributed by atoms with E-state index in [4.69, 9.17) is 9.16 Å². The van der Waals surface area contributed by atoms with Crippen LogP contribution in [-0.4, -0.2) is 25.0 Å². The van der Waals surface area contributed by atoms with Gasteiger partial charge in [0.05, 0.1) is 0 Å². The predicted molar refractivity (Wildman–Crippen MR) is 171 cm³/mol. The van der Waals surface area contributed by atoms with Crippen LogP contribution >= 0.6 is 0 Å². The molecule has 0 spiro atoms. The van der Waals surface area contributed by atoms with Crippen LogP contribution in [0.25, 0.3) is 0 Å². The molecule has 1 heterocycles. The first-order chi connectivity index (χ1) is 19.4. The van der Waals surface area contributed by atoms with Crippen molar-refractivity contribution in [1.82, 2.24) is 0 Å². The third-order valence-electron chi connectivity index (χ3n) is 8.91. The minimum atomic E-state index is -2.88. The zero-order valence-corrected chi connectivity index (χ0v) is 27.0. The highest BCUT2D eigenvalue weighted by atomic mass is 28.4. The summed E-state index contributed by atoms with van der Waals surface area (Å²) in [5, 5.41) is 11.8. The molecule has 0 fully saturated rings. The third-order valence-corrected chi connectivity index (χ3v) is 13.8. The zero-order chi connectivity index (χ0) is 29.8. The molecule has 4 rings (SSSR count). The standard InChI is InChI=1S/C36H48O4Si/c1-8-9-12-17-27-24-31-34(26(2)30(22-23-33(37)38)36(6,7)39-31)32(25-27)40-41(35(3,4)5,28-18-13-10-14-19-28)29-20-15-11-16-21-29/h10-11,13-16,18-21,24-26,30H,8-9,12,17,22-23H2,1-7H3,(H,37,38). The van der Waals surface area contributed by atoms with Crippen LogP contribution in [0.15, 0.2) is 72.8 Å². The summed E-state index contributed by atoms with van der Waals surface area (Å²) < 4.78 is 14.4. The van der Waals surface area contributed by atoms with Crippen molar-refractivity contribution in [1.29, 1.82) is 0 Å². The molecule has 220 valence electrons. The van der Waals surface area contributed by atoms with Crippen molar-refractivity contribution in [2.45, 2.75) is 104 Å². The molecule has 1 aliphatic rings. The summed E-state index contributed by atoms with van der Waals surface area (Å²) in [5.74, 6) is 1.13. The number of hydrogen-bond acceptors (Lipinski definition) is 3. The summed E-state index contributed by atoms with van der Waals surface area (Å²) in [7, 11) is -2.88. The quantitative estimate of drug-likeness (QED) is 0.186. The SMILES string of the molecule is CCCCCc1cc2c(c(O[Si](c3ccccc3)(c3ccccc3)C(C)(C)C)c1)C(C)C(CCC(=O)O)C(C)(C)O2. The average Bonchev–Trinajstić information content (AvgIpc) is 2.91. The normalized spacial score (nSPS) is 18.3. The van der Waals surface area contributed by atoms with Crippen molar-refractivity contribution < 1.29 is 19.1 Å². The van der Waals surface area contributed by atoms with Crippen LogP contribution in [-0.2, 0) is 11.2 Å². The molecule has 0 saturated carbocycles. The van der Waals surface area contributed by atoms with E-state index in [0.29, 0.717) is 6.42 Å². The highest BCUT2D eigenvalue weighted by Gasteiger charge is 2.53. The van der Waals surface area contributed by atoms with Crippen molar-refractivity contribution >= 4 is 24.7 Å². The molecule has 2 atom stereocenters. The minimum absolute atomic E-state index is 0.0403. The maximum atomic E-state index is 11.6. The van der Waals surface area contributed by atoms with Gasteiger partial charge in [-0.15, -0.1) is 0 Å². The lowest BCUT2D eigenvalue weighted by Crippen LogP contribution is -2.69. The van der Waals surface area contributed by atoms with Crippen LogP contribution in [0.5, 0.6) is 11.5 Å². The number of carboxylic acid groups (broad SMARTS) is 1. The Morgan fingerprint density at radius 2 is 1.56 bits per heavy atom. The molecule has 3 aromatic carbocycles. The van der Waals surface area contributed by atoms with Gasteiger partial charge in [0.25, 0.3) is 0 Å². The Morgan fingerprint density at radius 3 is 2.07 bits per heavy atom. The molecule has 4 nitrogen and oxygen atoms in total. The van der Waals surface area contributed by atoms with Crippen LogP contribution in [0.1, 0.15) is 97.6 Å². The summed E-state index contributed by atoms with van der Waals surface area (Å²) in [5.41, 5.74) is 1.82. The molecule has 0 radical (unpaired) electrons. The molecule has 0 saturated heterocycles. The molecule has 1 aliphatic heterocycles. The lowest BCUT2D eigenvalue weighted by molar-refractivity contribution is -0.137. The van der Waals surface area contributed by atoms with Gasteiger partial charge in [-0.2, -0.15) is 0 Å². The van der Waals surface area contributed by atoms with Gasteiger partial charge in [-0.05, 0) is 72.1 Å². The summed E-state index contributed by atoms with van der Waals surface area (Å²) in [6.45, 7) is 15.6. The molecule has 41 heavy (non-hydrogen) atoms. The lowest BCUT2D eigenvalue weighted by Gasteiger charge is -2.47. The second kappa shape index (κ2) is 12.4. The van der Waals surface area contributed by atoms with Crippen LogP contribution in [0, 0.1) is 5.92 Å². The van der Waals surface area contributed by atoms with Gasteiger partial charge in [0.2, 0.25) is 0 Å². The molecule has 2 unspecified atom stereocenters. The molecule has 0 aliphatic carbocycles. The van der Waals surface area contributed by atoms with E-state index in [0.717, 1.165) is 29.9 Å². The van der Waals surface area contributed by atoms with Gasteiger partial charge in [0.1, 0.15) is 17.1 Å². The zero-order valence-electron chi connectivity index (χ0n) is 26.0. The number of ether oxygens (including phenoxy) is 1. The number of aryl methyl sites for hydroxylation is 1. The van der Waals surface area contributed by atoms with E-state index in [1.807, 2.05) is 0 Å². The second-order valence-corrected chi connectivity index (χ2v) is 17.5. The number of rotatable bonds is 11. The Hall–Kier alpha value is -3.05. The van der Waals surface area contributed by atoms with Gasteiger partial charge in [-0.25, -0.2) is 0 Å². The van der Waals surface area contributed by atoms with E-state index in [9.17, 15) is 9.90 Å². The van der Waals surface area contributed by atoms with Gasteiger partial charge >= 0.3 is 14.3 Å². The number of unbranched alkanes of at least 4 members (excludes halogenated alkanes) is 2. The third kappa shape index (κ3) is 6.40. The largest absolute Gasteiger partial charge is 0.534 e. The van der Waals surface area contributed by atoms with Crippen molar-refractivity contribution in [2.24, 2.45) is 5.92 Å². The van der Waals surface area contributed by atoms with Crippen molar-refractivity contribution in [3.8, 4) is 11.5 Å². The summed E-state index contributed by atoms with van der Waals surface area (Å²) >= 11 is 0. The van der Waals surface area contributed by atoms with E-state index in [1.54, 1.807) is 0 Å². The van der Waals surface area contributed by atoms with E-state index in [-0.39, 0.29) is 23.3 Å². The highest BCUT2D eigenvalue weighted by Crippen LogP contribution is 2.52. The van der Waals surface area contributed by atoms with Crippen molar-refractivity contribution in [3.63, 3.8) is 0 Å². The number of carboxylic acids is 1. The summed E-state index contributed by atoms with van der Waals surface area (Å²) in [4.78, 5) is 11.6. The first kappa shape index (κ1) is 30.9. The maximum Gasteiger partial charge on any atom is 0.319 e. The minimum Gasteiger partial charge on any atom is -0.534 e. The topological polar surface area (TPSA) is 55.8 Å². The van der Waals surface area contributed by atoms with Crippen LogP contribution in [0.4, 0.5) is 0 Å². The highest BCUT2D eigenvalue weighted by molar-refractivity contribution is 7.00. The Morgan fingerprint density at radius 1 is 0.976 bits per heavy atom. The smallest absolute Gasteiger partial charge is 0.319 e. The number of aliphatic carboxylic acids is 1. The number of carbonyl (C=O) groups is 1. The van der Waals surface area contributed by atoms with Gasteiger partial charge < -0.3 is 14.3 Å². The molecular weight excluding hydrogens is 524 g/mol. The number of hydrogen-bond donors (Lipinski definition) is 1. The molecule has 1 N–H and O–H groups in total. The molecule has 0 bridgehead atoms. The van der Waals surface area contributed by atoms with Crippen LogP contribution in [0.3, 0.4) is 0 Å². The molecule has 5 heteroatoms. The number of fused-ring (bicyclic) bond motifs is 1. The maximum absolute atomic E-state index is 11.6. The molecule has 0 amide bonds.